The molecular weight excluding hydrogens is 219 g/mol. The number of thiol groups is 1. The molecule has 2 aromatic rings. The summed E-state index contributed by atoms with van der Waals surface area (Å²) in [6.45, 7) is 0. The van der Waals surface area contributed by atoms with Gasteiger partial charge < -0.3 is 15.2 Å². The molecule has 6 heteroatoms. The lowest BCUT2D eigenvalue weighted by atomic mass is 9.80. The Labute approximate surface area is 90.2 Å². The van der Waals surface area contributed by atoms with Gasteiger partial charge in [-0.25, -0.2) is 0 Å². The maximum atomic E-state index is 9.68. The van der Waals surface area contributed by atoms with Crippen LogP contribution in [0.25, 0.3) is 10.1 Å². The third-order valence-corrected chi connectivity index (χ3v) is 3.32. The van der Waals surface area contributed by atoms with Gasteiger partial charge in [0, 0.05) is 20.4 Å². The average molecular weight is 226 g/mol. The molecule has 0 unspecified atom stereocenters. The van der Waals surface area contributed by atoms with E-state index >= 15 is 0 Å². The van der Waals surface area contributed by atoms with Crippen LogP contribution >= 0.6 is 24.0 Å². The van der Waals surface area contributed by atoms with Crippen LogP contribution in [-0.2, 0) is 0 Å². The van der Waals surface area contributed by atoms with Gasteiger partial charge in [0.1, 0.15) is 5.75 Å². The van der Waals surface area contributed by atoms with Gasteiger partial charge in [-0.1, -0.05) is 0 Å². The minimum atomic E-state index is -1.57. The topological polar surface area (TPSA) is 60.7 Å². The second-order valence-electron chi connectivity index (χ2n) is 2.87. The zero-order valence-electron chi connectivity index (χ0n) is 7.01. The lowest BCUT2D eigenvalue weighted by Gasteiger charge is -2.02. The van der Waals surface area contributed by atoms with E-state index in [1.165, 1.54) is 11.3 Å². The van der Waals surface area contributed by atoms with Crippen molar-refractivity contribution in [2.24, 2.45) is 0 Å². The number of aromatic hydroxyl groups is 1. The van der Waals surface area contributed by atoms with E-state index in [0.29, 0.717) is 15.7 Å². The molecule has 72 valence electrons. The highest BCUT2D eigenvalue weighted by Crippen LogP contribution is 2.32. The number of benzene rings is 1. The predicted molar refractivity (Wildman–Crippen MR) is 60.6 cm³/mol. The zero-order valence-corrected chi connectivity index (χ0v) is 8.72. The molecule has 1 heterocycles. The summed E-state index contributed by atoms with van der Waals surface area (Å²) >= 11 is 5.41. The van der Waals surface area contributed by atoms with Crippen LogP contribution in [0.1, 0.15) is 0 Å². The zero-order chi connectivity index (χ0) is 10.3. The van der Waals surface area contributed by atoms with Gasteiger partial charge in [0.2, 0.25) is 0 Å². The second kappa shape index (κ2) is 3.47. The van der Waals surface area contributed by atoms with E-state index in [0.717, 1.165) is 4.70 Å². The summed E-state index contributed by atoms with van der Waals surface area (Å²) < 4.78 is 0.809. The fraction of sp³-hybridized carbons (Fsp3) is 0. The first-order valence-corrected chi connectivity index (χ1v) is 5.22. The summed E-state index contributed by atoms with van der Waals surface area (Å²) in [4.78, 5) is 0.429. The maximum Gasteiger partial charge on any atom is 0.490 e. The van der Waals surface area contributed by atoms with Crippen molar-refractivity contribution in [2.75, 3.05) is 0 Å². The van der Waals surface area contributed by atoms with Crippen LogP contribution in [0.5, 0.6) is 5.75 Å². The predicted octanol–water partition coefficient (Wildman–Crippen LogP) is 0.575. The molecule has 3 nitrogen and oxygen atoms in total. The fourth-order valence-electron chi connectivity index (χ4n) is 1.31. The molecule has 1 aromatic heterocycles. The lowest BCUT2D eigenvalue weighted by Crippen LogP contribution is -2.28. The largest absolute Gasteiger partial charge is 0.506 e. The minimum Gasteiger partial charge on any atom is -0.506 e. The van der Waals surface area contributed by atoms with Crippen molar-refractivity contribution in [3.63, 3.8) is 0 Å². The Bertz CT molecular complexity index is 481. The van der Waals surface area contributed by atoms with E-state index in [-0.39, 0.29) is 5.75 Å². The molecule has 3 N–H and O–H groups in total. The molecule has 2 rings (SSSR count). The highest BCUT2D eigenvalue weighted by atomic mass is 32.1. The summed E-state index contributed by atoms with van der Waals surface area (Å²) in [6, 6.07) is 3.46. The van der Waals surface area contributed by atoms with E-state index in [1.54, 1.807) is 17.5 Å². The van der Waals surface area contributed by atoms with Crippen molar-refractivity contribution < 1.29 is 15.2 Å². The number of phenols is 1. The normalized spacial score (nSPS) is 10.8. The van der Waals surface area contributed by atoms with Gasteiger partial charge in [-0.3, -0.25) is 0 Å². The molecule has 0 amide bonds. The van der Waals surface area contributed by atoms with Gasteiger partial charge in [-0.15, -0.1) is 24.0 Å². The first-order chi connectivity index (χ1) is 6.61. The average Bonchev–Trinajstić information content (AvgIpc) is 2.55. The van der Waals surface area contributed by atoms with E-state index in [1.807, 2.05) is 0 Å². The van der Waals surface area contributed by atoms with Crippen LogP contribution in [-0.4, -0.2) is 22.3 Å². The Morgan fingerprint density at radius 3 is 2.64 bits per heavy atom. The highest BCUT2D eigenvalue weighted by molar-refractivity contribution is 7.80. The molecule has 0 radical (unpaired) electrons. The Morgan fingerprint density at radius 1 is 1.29 bits per heavy atom. The third kappa shape index (κ3) is 1.40. The van der Waals surface area contributed by atoms with E-state index < -0.39 is 7.12 Å². The SMILES string of the molecule is OB(O)c1csc2ccc(S)c(O)c12. The summed E-state index contributed by atoms with van der Waals surface area (Å²) in [5.41, 5.74) is 0.318. The molecule has 0 aliphatic rings. The van der Waals surface area contributed by atoms with Gasteiger partial charge >= 0.3 is 7.12 Å². The van der Waals surface area contributed by atoms with Crippen molar-refractivity contribution in [3.05, 3.63) is 17.5 Å². The Hall–Kier alpha value is -0.685. The highest BCUT2D eigenvalue weighted by Gasteiger charge is 2.19. The molecule has 0 saturated carbocycles. The molecular formula is C8H7BO3S2. The van der Waals surface area contributed by atoms with Crippen LogP contribution in [0.15, 0.2) is 22.4 Å². The van der Waals surface area contributed by atoms with Crippen molar-refractivity contribution in [3.8, 4) is 5.75 Å². The molecule has 14 heavy (non-hydrogen) atoms. The molecule has 0 saturated heterocycles. The van der Waals surface area contributed by atoms with Gasteiger partial charge in [-0.2, -0.15) is 0 Å². The number of thiophene rings is 1. The molecule has 0 fully saturated rings. The lowest BCUT2D eigenvalue weighted by molar-refractivity contribution is 0.425. The van der Waals surface area contributed by atoms with E-state index in [4.69, 9.17) is 10.0 Å². The Balaban J connectivity index is 2.82. The van der Waals surface area contributed by atoms with Crippen molar-refractivity contribution in [1.29, 1.82) is 0 Å². The standard InChI is InChI=1S/C8H7BO3S2/c10-8-5(13)1-2-6-7(8)4(3-14-6)9(11)12/h1-3,10-13H. The third-order valence-electron chi connectivity index (χ3n) is 2.00. The first kappa shape index (κ1) is 9.85. The van der Waals surface area contributed by atoms with Crippen LogP contribution < -0.4 is 5.46 Å². The Morgan fingerprint density at radius 2 is 2.00 bits per heavy atom. The van der Waals surface area contributed by atoms with Crippen LogP contribution in [0.2, 0.25) is 0 Å². The molecule has 0 bridgehead atoms. The molecule has 0 aliphatic carbocycles. The Kier molecular flexibility index (Phi) is 2.44. The molecule has 1 aromatic carbocycles. The summed E-state index contributed by atoms with van der Waals surface area (Å²) in [5, 5.41) is 29.9. The van der Waals surface area contributed by atoms with Crippen molar-refractivity contribution in [1.82, 2.24) is 0 Å². The van der Waals surface area contributed by atoms with Crippen molar-refractivity contribution in [2.45, 2.75) is 4.90 Å². The molecule has 0 atom stereocenters. The quantitative estimate of drug-likeness (QED) is 0.425. The summed E-state index contributed by atoms with van der Waals surface area (Å²) in [7, 11) is -1.57. The molecule has 0 spiro atoms. The fourth-order valence-corrected chi connectivity index (χ4v) is 2.47. The van der Waals surface area contributed by atoms with Crippen LogP contribution in [0.3, 0.4) is 0 Å². The summed E-state index contributed by atoms with van der Waals surface area (Å²) in [5.74, 6) is -0.00446. The number of hydrogen-bond donors (Lipinski definition) is 4. The molecule has 0 aliphatic heterocycles. The van der Waals surface area contributed by atoms with Gasteiger partial charge in [-0.05, 0) is 17.5 Å². The maximum absolute atomic E-state index is 9.68. The monoisotopic (exact) mass is 226 g/mol. The van der Waals surface area contributed by atoms with Crippen LogP contribution in [0.4, 0.5) is 0 Å². The number of fused-ring (bicyclic) bond motifs is 1. The smallest absolute Gasteiger partial charge is 0.490 e. The van der Waals surface area contributed by atoms with Gasteiger partial charge in [0.15, 0.2) is 0 Å². The van der Waals surface area contributed by atoms with E-state index in [9.17, 15) is 5.11 Å². The van der Waals surface area contributed by atoms with Gasteiger partial charge in [0.25, 0.3) is 0 Å². The van der Waals surface area contributed by atoms with Gasteiger partial charge in [0.05, 0.1) is 0 Å². The number of phenolic OH excluding ortho intramolecular Hbond substituents is 1. The van der Waals surface area contributed by atoms with Crippen LogP contribution in [0, 0.1) is 0 Å². The minimum absolute atomic E-state index is 0.00446. The van der Waals surface area contributed by atoms with E-state index in [2.05, 4.69) is 12.6 Å². The van der Waals surface area contributed by atoms with Crippen molar-refractivity contribution >= 4 is 46.6 Å². The number of rotatable bonds is 1. The second-order valence-corrected chi connectivity index (χ2v) is 4.26. The number of hydrogen-bond acceptors (Lipinski definition) is 5. The summed E-state index contributed by atoms with van der Waals surface area (Å²) in [6.07, 6.45) is 0. The first-order valence-electron chi connectivity index (χ1n) is 3.89.